The van der Waals surface area contributed by atoms with Gasteiger partial charge in [-0.25, -0.2) is 5.84 Å². The second kappa shape index (κ2) is 9.42. The van der Waals surface area contributed by atoms with Crippen molar-refractivity contribution in [3.8, 4) is 0 Å². The Morgan fingerprint density at radius 2 is 2.06 bits per heavy atom. The zero-order chi connectivity index (χ0) is 12.4. The van der Waals surface area contributed by atoms with Gasteiger partial charge in [0.1, 0.15) is 0 Å². The maximum absolute atomic E-state index is 5.38. The summed E-state index contributed by atoms with van der Waals surface area (Å²) in [4.78, 5) is 4.35. The second-order valence-corrected chi connectivity index (χ2v) is 4.41. The lowest BCUT2D eigenvalue weighted by Gasteiger charge is -2.15. The number of guanidine groups is 1. The molecule has 0 aromatic rings. The van der Waals surface area contributed by atoms with Crippen LogP contribution in [0.5, 0.6) is 0 Å². The Hall–Kier alpha value is -0.810. The van der Waals surface area contributed by atoms with Crippen LogP contribution in [0.1, 0.15) is 33.6 Å². The number of nitrogens with two attached hydrogens (primary N) is 1. The number of rotatable bonds is 7. The van der Waals surface area contributed by atoms with Gasteiger partial charge in [-0.1, -0.05) is 13.8 Å². The van der Waals surface area contributed by atoms with Crippen LogP contribution in [-0.4, -0.2) is 32.3 Å². The van der Waals surface area contributed by atoms with Crippen LogP contribution in [0.25, 0.3) is 0 Å². The van der Waals surface area contributed by atoms with E-state index in [1.54, 1.807) is 7.11 Å². The van der Waals surface area contributed by atoms with E-state index in [-0.39, 0.29) is 6.04 Å². The van der Waals surface area contributed by atoms with E-state index >= 15 is 0 Å². The number of hydrogen-bond acceptors (Lipinski definition) is 3. The van der Waals surface area contributed by atoms with Crippen LogP contribution in [0.4, 0.5) is 0 Å². The molecule has 16 heavy (non-hydrogen) atoms. The summed E-state index contributed by atoms with van der Waals surface area (Å²) in [7, 11) is 1.67. The third kappa shape index (κ3) is 8.49. The fourth-order valence-electron chi connectivity index (χ4n) is 1.35. The van der Waals surface area contributed by atoms with Gasteiger partial charge in [-0.3, -0.25) is 10.4 Å². The largest absolute Gasteiger partial charge is 0.383 e. The number of hydrogen-bond donors (Lipinski definition) is 3. The highest BCUT2D eigenvalue weighted by Gasteiger charge is 2.03. The Morgan fingerprint density at radius 1 is 1.38 bits per heavy atom. The summed E-state index contributed by atoms with van der Waals surface area (Å²) in [5, 5.41) is 3.14. The number of nitrogens with zero attached hydrogens (tertiary/aromatic N) is 1. The van der Waals surface area contributed by atoms with Gasteiger partial charge in [-0.05, 0) is 25.7 Å². The van der Waals surface area contributed by atoms with E-state index in [1.807, 2.05) is 6.92 Å². The first-order valence-electron chi connectivity index (χ1n) is 5.86. The molecule has 0 heterocycles. The van der Waals surface area contributed by atoms with Crippen molar-refractivity contribution in [2.24, 2.45) is 16.8 Å². The molecule has 0 bridgehead atoms. The van der Waals surface area contributed by atoms with Crippen molar-refractivity contribution >= 4 is 5.96 Å². The average molecular weight is 230 g/mol. The normalized spacial score (nSPS) is 14.0. The number of aliphatic imine (C=N–C) groups is 1. The molecule has 0 aliphatic heterocycles. The monoisotopic (exact) mass is 230 g/mol. The average Bonchev–Trinajstić information content (AvgIpc) is 2.22. The van der Waals surface area contributed by atoms with Gasteiger partial charge in [0.05, 0.1) is 6.61 Å². The molecule has 0 aromatic heterocycles. The van der Waals surface area contributed by atoms with Crippen molar-refractivity contribution in [3.63, 3.8) is 0 Å². The summed E-state index contributed by atoms with van der Waals surface area (Å²) in [6.45, 7) is 7.87. The summed E-state index contributed by atoms with van der Waals surface area (Å²) in [6.07, 6.45) is 2.28. The third-order valence-electron chi connectivity index (χ3n) is 2.15. The molecular weight excluding hydrogens is 204 g/mol. The molecular formula is C11H26N4O. The molecule has 4 N–H and O–H groups in total. The van der Waals surface area contributed by atoms with E-state index in [0.717, 1.165) is 18.9 Å². The van der Waals surface area contributed by atoms with E-state index in [9.17, 15) is 0 Å². The number of nitrogens with one attached hydrogen (secondary N) is 2. The Morgan fingerprint density at radius 3 is 2.56 bits per heavy atom. The zero-order valence-electron chi connectivity index (χ0n) is 10.9. The van der Waals surface area contributed by atoms with Crippen molar-refractivity contribution in [2.75, 3.05) is 20.3 Å². The molecule has 0 aromatic carbocycles. The molecule has 0 amide bonds. The van der Waals surface area contributed by atoms with Crippen molar-refractivity contribution in [1.82, 2.24) is 10.7 Å². The van der Waals surface area contributed by atoms with Crippen LogP contribution in [0.2, 0.25) is 0 Å². The molecule has 1 unspecified atom stereocenters. The number of ether oxygens (including phenoxy) is 1. The molecule has 0 spiro atoms. The number of methoxy groups -OCH3 is 1. The van der Waals surface area contributed by atoms with Gasteiger partial charge in [0, 0.05) is 19.7 Å². The van der Waals surface area contributed by atoms with Crippen LogP contribution in [0, 0.1) is 5.92 Å². The molecule has 0 rings (SSSR count). The highest BCUT2D eigenvalue weighted by molar-refractivity contribution is 5.79. The van der Waals surface area contributed by atoms with E-state index in [4.69, 9.17) is 10.6 Å². The van der Waals surface area contributed by atoms with Crippen molar-refractivity contribution in [3.05, 3.63) is 0 Å². The van der Waals surface area contributed by atoms with Gasteiger partial charge in [-0.2, -0.15) is 0 Å². The van der Waals surface area contributed by atoms with Gasteiger partial charge in [0.2, 0.25) is 5.96 Å². The molecule has 0 radical (unpaired) electrons. The van der Waals surface area contributed by atoms with Crippen molar-refractivity contribution < 1.29 is 4.74 Å². The lowest BCUT2D eigenvalue weighted by atomic mass is 10.1. The van der Waals surface area contributed by atoms with Crippen LogP contribution in [-0.2, 0) is 4.74 Å². The van der Waals surface area contributed by atoms with Gasteiger partial charge in [0.15, 0.2) is 0 Å². The standard InChI is InChI=1S/C11H26N4O/c1-9(2)6-5-7-13-11(15-12)14-10(3)8-16-4/h9-10H,5-8,12H2,1-4H3,(H2,13,14,15). The molecule has 5 nitrogen and oxygen atoms in total. The first-order valence-corrected chi connectivity index (χ1v) is 5.86. The van der Waals surface area contributed by atoms with Crippen molar-refractivity contribution in [2.45, 2.75) is 39.7 Å². The molecule has 96 valence electrons. The third-order valence-corrected chi connectivity index (χ3v) is 2.15. The molecule has 0 aliphatic carbocycles. The molecule has 0 saturated heterocycles. The van der Waals surface area contributed by atoms with E-state index in [1.165, 1.54) is 6.42 Å². The fraction of sp³-hybridized carbons (Fsp3) is 0.909. The lowest BCUT2D eigenvalue weighted by molar-refractivity contribution is 0.179. The smallest absolute Gasteiger partial charge is 0.206 e. The first kappa shape index (κ1) is 15.2. The predicted molar refractivity (Wildman–Crippen MR) is 68.2 cm³/mol. The highest BCUT2D eigenvalue weighted by atomic mass is 16.5. The summed E-state index contributed by atoms with van der Waals surface area (Å²) < 4.78 is 5.02. The van der Waals surface area contributed by atoms with Crippen LogP contribution in [0.3, 0.4) is 0 Å². The molecule has 1 atom stereocenters. The van der Waals surface area contributed by atoms with Gasteiger partial charge < -0.3 is 10.1 Å². The minimum absolute atomic E-state index is 0.199. The Balaban J connectivity index is 3.83. The SMILES string of the molecule is COCC(C)NC(=NCCCC(C)C)NN. The Bertz CT molecular complexity index is 194. The summed E-state index contributed by atoms with van der Waals surface area (Å²) >= 11 is 0. The van der Waals surface area contributed by atoms with Crippen molar-refractivity contribution in [1.29, 1.82) is 0 Å². The van der Waals surface area contributed by atoms with Gasteiger partial charge in [0.25, 0.3) is 0 Å². The van der Waals surface area contributed by atoms with E-state index in [2.05, 4.69) is 29.6 Å². The highest BCUT2D eigenvalue weighted by Crippen LogP contribution is 2.02. The summed E-state index contributed by atoms with van der Waals surface area (Å²) in [5.41, 5.74) is 2.56. The van der Waals surface area contributed by atoms with E-state index < -0.39 is 0 Å². The van der Waals surface area contributed by atoms with Gasteiger partial charge >= 0.3 is 0 Å². The predicted octanol–water partition coefficient (Wildman–Crippen LogP) is 0.866. The lowest BCUT2D eigenvalue weighted by Crippen LogP contribution is -2.46. The minimum Gasteiger partial charge on any atom is -0.383 e. The Labute approximate surface area is 98.8 Å². The molecule has 0 fully saturated rings. The molecule has 0 aliphatic rings. The fourth-order valence-corrected chi connectivity index (χ4v) is 1.35. The van der Waals surface area contributed by atoms with Crippen LogP contribution in [0.15, 0.2) is 4.99 Å². The maximum Gasteiger partial charge on any atom is 0.206 e. The summed E-state index contributed by atoms with van der Waals surface area (Å²) in [5.74, 6) is 6.73. The minimum atomic E-state index is 0.199. The number of hydrazine groups is 1. The van der Waals surface area contributed by atoms with Crippen LogP contribution >= 0.6 is 0 Å². The zero-order valence-corrected chi connectivity index (χ0v) is 10.9. The maximum atomic E-state index is 5.38. The van der Waals surface area contributed by atoms with Crippen LogP contribution < -0.4 is 16.6 Å². The Kier molecular flexibility index (Phi) is 8.94. The molecule has 5 heteroatoms. The summed E-state index contributed by atoms with van der Waals surface area (Å²) in [6, 6.07) is 0.199. The van der Waals surface area contributed by atoms with Gasteiger partial charge in [-0.15, -0.1) is 0 Å². The van der Waals surface area contributed by atoms with E-state index in [0.29, 0.717) is 12.6 Å². The first-order chi connectivity index (χ1) is 7.60. The topological polar surface area (TPSA) is 71.7 Å². The quantitative estimate of drug-likeness (QED) is 0.199. The molecule has 0 saturated carbocycles. The second-order valence-electron chi connectivity index (χ2n) is 4.41.